The van der Waals surface area contributed by atoms with Gasteiger partial charge in [-0.3, -0.25) is 9.69 Å². The standard InChI is InChI=1S/C14H22ClN3O2/c1-4-18(9-14(2,3)20)8-13(19)17-12-6-5-10(15)7-11(12)16/h5-7,20H,4,8-9,16H2,1-3H3,(H,17,19). The van der Waals surface area contributed by atoms with E-state index in [2.05, 4.69) is 5.32 Å². The minimum absolute atomic E-state index is 0.176. The van der Waals surface area contributed by atoms with Crippen LogP contribution in [0.5, 0.6) is 0 Å². The quantitative estimate of drug-likeness (QED) is 0.702. The van der Waals surface area contributed by atoms with E-state index in [0.29, 0.717) is 29.5 Å². The van der Waals surface area contributed by atoms with E-state index in [1.807, 2.05) is 11.8 Å². The first-order chi connectivity index (χ1) is 9.21. The van der Waals surface area contributed by atoms with Crippen LogP contribution >= 0.6 is 11.6 Å². The van der Waals surface area contributed by atoms with Gasteiger partial charge in [-0.25, -0.2) is 0 Å². The fraction of sp³-hybridized carbons (Fsp3) is 0.500. The van der Waals surface area contributed by atoms with E-state index >= 15 is 0 Å². The Balaban J connectivity index is 2.62. The molecule has 0 radical (unpaired) electrons. The summed E-state index contributed by atoms with van der Waals surface area (Å²) in [5.41, 5.74) is 5.91. The van der Waals surface area contributed by atoms with Crippen molar-refractivity contribution in [3.63, 3.8) is 0 Å². The van der Waals surface area contributed by atoms with Crippen LogP contribution in [-0.4, -0.2) is 41.1 Å². The van der Waals surface area contributed by atoms with Crippen LogP contribution in [0.2, 0.25) is 5.02 Å². The molecular weight excluding hydrogens is 278 g/mol. The first-order valence-corrected chi connectivity index (χ1v) is 6.88. The molecule has 20 heavy (non-hydrogen) atoms. The summed E-state index contributed by atoms with van der Waals surface area (Å²) in [6, 6.07) is 4.93. The average molecular weight is 300 g/mol. The maximum absolute atomic E-state index is 12.0. The number of nitrogens with two attached hydrogens (primary N) is 1. The van der Waals surface area contributed by atoms with Crippen molar-refractivity contribution in [2.24, 2.45) is 0 Å². The fourth-order valence-electron chi connectivity index (χ4n) is 1.87. The van der Waals surface area contributed by atoms with Crippen molar-refractivity contribution >= 4 is 28.9 Å². The van der Waals surface area contributed by atoms with Gasteiger partial charge in [-0.2, -0.15) is 0 Å². The van der Waals surface area contributed by atoms with Crippen LogP contribution in [0.25, 0.3) is 0 Å². The molecule has 0 bridgehead atoms. The molecule has 0 saturated carbocycles. The number of amides is 1. The second-order valence-corrected chi connectivity index (χ2v) is 5.83. The normalized spacial score (nSPS) is 11.7. The van der Waals surface area contributed by atoms with E-state index in [1.165, 1.54) is 0 Å². The molecule has 1 amide bonds. The molecule has 0 atom stereocenters. The SMILES string of the molecule is CCN(CC(=O)Nc1ccc(Cl)cc1N)CC(C)(C)O. The van der Waals surface area contributed by atoms with Gasteiger partial charge in [0.1, 0.15) is 0 Å². The molecule has 1 aromatic rings. The van der Waals surface area contributed by atoms with Gasteiger partial charge in [-0.05, 0) is 38.6 Å². The number of anilines is 2. The van der Waals surface area contributed by atoms with E-state index in [0.717, 1.165) is 0 Å². The van der Waals surface area contributed by atoms with E-state index < -0.39 is 5.60 Å². The lowest BCUT2D eigenvalue weighted by Crippen LogP contribution is -2.42. The van der Waals surface area contributed by atoms with Gasteiger partial charge < -0.3 is 16.2 Å². The third-order valence-electron chi connectivity index (χ3n) is 2.71. The first-order valence-electron chi connectivity index (χ1n) is 6.51. The van der Waals surface area contributed by atoms with Crippen molar-refractivity contribution in [1.29, 1.82) is 0 Å². The Labute approximate surface area is 124 Å². The van der Waals surface area contributed by atoms with Crippen LogP contribution < -0.4 is 11.1 Å². The van der Waals surface area contributed by atoms with Crippen LogP contribution in [0.1, 0.15) is 20.8 Å². The number of nitrogens with one attached hydrogen (secondary N) is 1. The van der Waals surface area contributed by atoms with Crippen molar-refractivity contribution in [2.75, 3.05) is 30.7 Å². The number of nitrogens with zero attached hydrogens (tertiary/aromatic N) is 1. The number of hydrogen-bond acceptors (Lipinski definition) is 4. The van der Waals surface area contributed by atoms with Crippen LogP contribution in [0.3, 0.4) is 0 Å². The lowest BCUT2D eigenvalue weighted by Gasteiger charge is -2.27. The predicted molar refractivity (Wildman–Crippen MR) is 82.9 cm³/mol. The Morgan fingerprint density at radius 1 is 1.50 bits per heavy atom. The van der Waals surface area contributed by atoms with Gasteiger partial charge in [0.2, 0.25) is 5.91 Å². The van der Waals surface area contributed by atoms with Crippen LogP contribution in [0, 0.1) is 0 Å². The summed E-state index contributed by atoms with van der Waals surface area (Å²) in [7, 11) is 0. The molecule has 6 heteroatoms. The van der Waals surface area contributed by atoms with Gasteiger partial charge in [-0.1, -0.05) is 18.5 Å². The molecule has 4 N–H and O–H groups in total. The lowest BCUT2D eigenvalue weighted by atomic mass is 10.1. The maximum atomic E-state index is 12.0. The number of benzene rings is 1. The number of aliphatic hydroxyl groups is 1. The summed E-state index contributed by atoms with van der Waals surface area (Å²) in [6.45, 7) is 6.66. The Hall–Kier alpha value is -1.30. The summed E-state index contributed by atoms with van der Waals surface area (Å²) in [4.78, 5) is 13.8. The first kappa shape index (κ1) is 16.8. The number of rotatable bonds is 6. The summed E-state index contributed by atoms with van der Waals surface area (Å²) < 4.78 is 0. The van der Waals surface area contributed by atoms with Crippen molar-refractivity contribution in [3.05, 3.63) is 23.2 Å². The van der Waals surface area contributed by atoms with Crippen LogP contribution in [-0.2, 0) is 4.79 Å². The van der Waals surface area contributed by atoms with E-state index in [9.17, 15) is 9.90 Å². The van der Waals surface area contributed by atoms with E-state index in [-0.39, 0.29) is 12.5 Å². The highest BCUT2D eigenvalue weighted by molar-refractivity contribution is 6.31. The monoisotopic (exact) mass is 299 g/mol. The lowest BCUT2D eigenvalue weighted by molar-refractivity contribution is -0.117. The molecule has 0 aliphatic rings. The molecule has 1 aromatic carbocycles. The van der Waals surface area contributed by atoms with Gasteiger partial charge in [0, 0.05) is 11.6 Å². The van der Waals surface area contributed by atoms with Crippen molar-refractivity contribution in [2.45, 2.75) is 26.4 Å². The van der Waals surface area contributed by atoms with Crippen LogP contribution in [0.15, 0.2) is 18.2 Å². The number of carbonyl (C=O) groups is 1. The highest BCUT2D eigenvalue weighted by atomic mass is 35.5. The van der Waals surface area contributed by atoms with Crippen molar-refractivity contribution in [1.82, 2.24) is 4.90 Å². The molecule has 0 fully saturated rings. The zero-order valence-electron chi connectivity index (χ0n) is 12.1. The van der Waals surface area contributed by atoms with Crippen molar-refractivity contribution in [3.8, 4) is 0 Å². The Kier molecular flexibility index (Phi) is 5.80. The number of likely N-dealkylation sites (N-methyl/N-ethyl adjacent to an activating group) is 1. The minimum atomic E-state index is -0.838. The minimum Gasteiger partial charge on any atom is -0.397 e. The summed E-state index contributed by atoms with van der Waals surface area (Å²) in [5, 5.41) is 13.1. The number of carbonyl (C=O) groups excluding carboxylic acids is 1. The summed E-state index contributed by atoms with van der Waals surface area (Å²) >= 11 is 5.80. The molecule has 1 rings (SSSR count). The van der Waals surface area contributed by atoms with Gasteiger partial charge in [0.05, 0.1) is 23.5 Å². The zero-order valence-corrected chi connectivity index (χ0v) is 12.9. The second-order valence-electron chi connectivity index (χ2n) is 5.40. The summed E-state index contributed by atoms with van der Waals surface area (Å²) in [6.07, 6.45) is 0. The third-order valence-corrected chi connectivity index (χ3v) is 2.95. The van der Waals surface area contributed by atoms with Crippen molar-refractivity contribution < 1.29 is 9.90 Å². The molecule has 0 heterocycles. The topological polar surface area (TPSA) is 78.6 Å². The van der Waals surface area contributed by atoms with Crippen LogP contribution in [0.4, 0.5) is 11.4 Å². The molecule has 0 aromatic heterocycles. The average Bonchev–Trinajstić information content (AvgIpc) is 2.30. The maximum Gasteiger partial charge on any atom is 0.238 e. The molecule has 0 spiro atoms. The molecule has 0 aliphatic heterocycles. The largest absolute Gasteiger partial charge is 0.397 e. The van der Waals surface area contributed by atoms with Gasteiger partial charge >= 0.3 is 0 Å². The molecular formula is C14H22ClN3O2. The summed E-state index contributed by atoms with van der Waals surface area (Å²) in [5.74, 6) is -0.176. The molecule has 112 valence electrons. The number of hydrogen-bond donors (Lipinski definition) is 3. The Morgan fingerprint density at radius 2 is 2.15 bits per heavy atom. The fourth-order valence-corrected chi connectivity index (χ4v) is 2.05. The smallest absolute Gasteiger partial charge is 0.238 e. The van der Waals surface area contributed by atoms with Gasteiger partial charge in [0.25, 0.3) is 0 Å². The molecule has 0 saturated heterocycles. The van der Waals surface area contributed by atoms with Gasteiger partial charge in [-0.15, -0.1) is 0 Å². The zero-order chi connectivity index (χ0) is 15.3. The number of nitrogen functional groups attached to an aromatic ring is 1. The molecule has 0 unspecified atom stereocenters. The third kappa shape index (κ3) is 5.77. The van der Waals surface area contributed by atoms with E-state index in [1.54, 1.807) is 32.0 Å². The molecule has 0 aliphatic carbocycles. The highest BCUT2D eigenvalue weighted by Crippen LogP contribution is 2.22. The molecule has 5 nitrogen and oxygen atoms in total. The van der Waals surface area contributed by atoms with Gasteiger partial charge in [0.15, 0.2) is 0 Å². The van der Waals surface area contributed by atoms with E-state index in [4.69, 9.17) is 17.3 Å². The Bertz CT molecular complexity index is 472. The second kappa shape index (κ2) is 6.92. The predicted octanol–water partition coefficient (Wildman–Crippen LogP) is 1.95. The Morgan fingerprint density at radius 3 is 2.65 bits per heavy atom. The number of halogens is 1. The highest BCUT2D eigenvalue weighted by Gasteiger charge is 2.19.